The van der Waals surface area contributed by atoms with Crippen LogP contribution in [-0.2, 0) is 19.2 Å². The van der Waals surface area contributed by atoms with Gasteiger partial charge in [0, 0.05) is 35.6 Å². The third kappa shape index (κ3) is 9.17. The second-order valence-electron chi connectivity index (χ2n) is 15.4. The second-order valence-corrected chi connectivity index (χ2v) is 16.9. The molecule has 3 aromatic heterocycles. The number of likely N-dealkylation sites (tertiary alicyclic amines) is 2. The van der Waals surface area contributed by atoms with Crippen molar-refractivity contribution in [3.05, 3.63) is 99.5 Å². The van der Waals surface area contributed by atoms with Crippen molar-refractivity contribution in [2.24, 2.45) is 0 Å². The molecule has 5 heterocycles. The van der Waals surface area contributed by atoms with E-state index in [0.717, 1.165) is 5.56 Å². The summed E-state index contributed by atoms with van der Waals surface area (Å²) in [5.74, 6) is -0.246. The van der Waals surface area contributed by atoms with E-state index in [9.17, 15) is 29.4 Å². The Bertz CT molecular complexity index is 2050. The highest BCUT2D eigenvalue weighted by Crippen LogP contribution is 2.31. The number of thiophene rings is 2. The molecule has 7 rings (SSSR count). The maximum absolute atomic E-state index is 13.7. The maximum Gasteiger partial charge on any atom is 0.247 e. The van der Waals surface area contributed by atoms with Crippen molar-refractivity contribution in [2.75, 3.05) is 51.9 Å². The third-order valence-corrected chi connectivity index (χ3v) is 12.4. The molecule has 4 N–H and O–H groups in total. The monoisotopic (exact) mass is 839 g/mol. The molecule has 0 aliphatic carbocycles. The Hall–Kier alpha value is -5.23. The number of hydrogen-bond donors (Lipinski definition) is 4. The number of benzene rings is 2. The van der Waals surface area contributed by atoms with Gasteiger partial charge >= 0.3 is 0 Å². The molecule has 5 aromatic rings. The predicted molar refractivity (Wildman–Crippen MR) is 228 cm³/mol. The van der Waals surface area contributed by atoms with E-state index in [1.165, 1.54) is 22.7 Å². The van der Waals surface area contributed by atoms with Crippen LogP contribution in [0.3, 0.4) is 0 Å². The first-order valence-electron chi connectivity index (χ1n) is 19.5. The molecule has 6 atom stereocenters. The number of carbonyl (C=O) groups is 4. The van der Waals surface area contributed by atoms with E-state index in [2.05, 4.69) is 15.6 Å². The number of aliphatic hydroxyl groups is 2. The minimum absolute atomic E-state index is 0.285. The van der Waals surface area contributed by atoms with Crippen molar-refractivity contribution in [1.29, 1.82) is 0 Å². The van der Waals surface area contributed by atoms with Gasteiger partial charge in [0.1, 0.15) is 36.4 Å². The molecule has 2 fully saturated rings. The van der Waals surface area contributed by atoms with Gasteiger partial charge in [-0.15, -0.1) is 0 Å². The van der Waals surface area contributed by atoms with Crippen LogP contribution in [0.25, 0.3) is 22.8 Å². The summed E-state index contributed by atoms with van der Waals surface area (Å²) in [6, 6.07) is 14.9. The van der Waals surface area contributed by atoms with E-state index in [1.807, 2.05) is 33.7 Å². The molecule has 0 bridgehead atoms. The predicted octanol–water partition coefficient (Wildman–Crippen LogP) is 5.32. The number of anilines is 2. The molecule has 2 aliphatic rings. The number of amides is 4. The Balaban J connectivity index is 0.945. The highest BCUT2D eigenvalue weighted by molar-refractivity contribution is 7.08. The smallest absolute Gasteiger partial charge is 0.247 e. The first-order valence-corrected chi connectivity index (χ1v) is 21.4. The van der Waals surface area contributed by atoms with Crippen LogP contribution in [0, 0.1) is 0 Å². The summed E-state index contributed by atoms with van der Waals surface area (Å²) < 4.78 is 6.09. The highest BCUT2D eigenvalue weighted by atomic mass is 32.1. The van der Waals surface area contributed by atoms with Gasteiger partial charge in [-0.1, -0.05) is 0 Å². The molecular weight excluding hydrogens is 791 g/mol. The second kappa shape index (κ2) is 18.4. The largest absolute Gasteiger partial charge is 0.436 e. The number of aromatic nitrogens is 1. The Labute approximate surface area is 351 Å². The van der Waals surface area contributed by atoms with E-state index >= 15 is 0 Å². The summed E-state index contributed by atoms with van der Waals surface area (Å²) in [6.45, 7) is 0.868. The first-order chi connectivity index (χ1) is 28.4. The fraction of sp³-hybridized carbons (Fsp3) is 0.372. The number of aliphatic hydroxyl groups excluding tert-OH is 2. The molecule has 2 aliphatic heterocycles. The van der Waals surface area contributed by atoms with Crippen molar-refractivity contribution in [3.63, 3.8) is 0 Å². The highest BCUT2D eigenvalue weighted by Gasteiger charge is 2.42. The van der Waals surface area contributed by atoms with Crippen LogP contribution in [0.4, 0.5) is 11.4 Å². The zero-order chi connectivity index (χ0) is 41.8. The first kappa shape index (κ1) is 41.9. The van der Waals surface area contributed by atoms with Crippen molar-refractivity contribution in [1.82, 2.24) is 24.6 Å². The summed E-state index contributed by atoms with van der Waals surface area (Å²) in [4.78, 5) is 65.4. The molecule has 310 valence electrons. The lowest BCUT2D eigenvalue weighted by Crippen LogP contribution is -2.53. The SMILES string of the molecule is CN(C)[C@H](C(=O)N1CCCC1C(=O)Nc1ccc(-c2cnc(-c3ccc(NC(=O)C4CCCN4C(=O)[C@H]([C@@H](O)c4ccsc4)N(C)C)cc3)o2)cc1)[C@@H](O)c1ccsc1. The summed E-state index contributed by atoms with van der Waals surface area (Å²) in [5, 5.41) is 35.4. The van der Waals surface area contributed by atoms with E-state index in [4.69, 9.17) is 4.42 Å². The van der Waals surface area contributed by atoms with Crippen molar-refractivity contribution in [2.45, 2.75) is 62.1 Å². The summed E-state index contributed by atoms with van der Waals surface area (Å²) >= 11 is 2.90. The number of hydrogen-bond acceptors (Lipinski definition) is 12. The Morgan fingerprint density at radius 1 is 0.695 bits per heavy atom. The zero-order valence-corrected chi connectivity index (χ0v) is 35.0. The topological polar surface area (TPSA) is 172 Å². The lowest BCUT2D eigenvalue weighted by molar-refractivity contribution is -0.144. The summed E-state index contributed by atoms with van der Waals surface area (Å²) in [7, 11) is 7.00. The van der Waals surface area contributed by atoms with Gasteiger partial charge in [-0.25, -0.2) is 4.98 Å². The lowest BCUT2D eigenvalue weighted by atomic mass is 10.0. The molecule has 0 spiro atoms. The Morgan fingerprint density at radius 2 is 1.14 bits per heavy atom. The zero-order valence-electron chi connectivity index (χ0n) is 33.4. The van der Waals surface area contributed by atoms with Crippen molar-refractivity contribution >= 4 is 57.7 Å². The van der Waals surface area contributed by atoms with E-state index in [1.54, 1.807) is 103 Å². The van der Waals surface area contributed by atoms with Crippen LogP contribution < -0.4 is 10.6 Å². The number of nitrogens with zero attached hydrogens (tertiary/aromatic N) is 5. The molecule has 14 nitrogen and oxygen atoms in total. The number of rotatable bonds is 14. The number of likely N-dealkylation sites (N-methyl/N-ethyl adjacent to an activating group) is 2. The number of oxazole rings is 1. The number of carbonyl (C=O) groups excluding carboxylic acids is 4. The molecule has 2 unspecified atom stereocenters. The minimum atomic E-state index is -1.02. The van der Waals surface area contributed by atoms with Crippen LogP contribution in [0.5, 0.6) is 0 Å². The van der Waals surface area contributed by atoms with E-state index in [-0.39, 0.29) is 23.6 Å². The molecule has 16 heteroatoms. The van der Waals surface area contributed by atoms with Crippen molar-refractivity contribution in [3.8, 4) is 22.8 Å². The van der Waals surface area contributed by atoms with Crippen LogP contribution in [0.1, 0.15) is 49.0 Å². The normalized spacial score (nSPS) is 18.8. The average molecular weight is 840 g/mol. The standard InChI is InChI=1S/C43H49N7O7S2/c1-47(2)35(37(51)28-17-21-58-24-28)42(55)49-19-5-7-32(49)39(53)45-30-13-9-26(10-14-30)34-23-44-41(57-34)27-11-15-31(16-12-27)46-40(54)33-8-6-20-50(33)43(56)36(48(3)4)38(52)29-18-22-59-25-29/h9-18,21-25,32-33,35-38,51-52H,5-8,19-20H2,1-4H3,(H,45,53)(H,46,54)/t32?,33?,35-,36-,37-,38-/m0/s1. The molecule has 0 saturated carbocycles. The fourth-order valence-corrected chi connectivity index (χ4v) is 9.26. The Kier molecular flexibility index (Phi) is 13.0. The minimum Gasteiger partial charge on any atom is -0.436 e. The quantitative estimate of drug-likeness (QED) is 0.115. The molecular formula is C43H49N7O7S2. The molecule has 2 saturated heterocycles. The molecule has 0 radical (unpaired) electrons. The lowest BCUT2D eigenvalue weighted by Gasteiger charge is -2.33. The molecule has 2 aromatic carbocycles. The average Bonchev–Trinajstić information content (AvgIpc) is 4.08. The van der Waals surface area contributed by atoms with Crippen LogP contribution >= 0.6 is 22.7 Å². The van der Waals surface area contributed by atoms with E-state index in [0.29, 0.717) is 78.5 Å². The van der Waals surface area contributed by atoms with Crippen LogP contribution in [0.2, 0.25) is 0 Å². The third-order valence-electron chi connectivity index (χ3n) is 11.0. The molecule has 4 amide bonds. The van der Waals surface area contributed by atoms with Crippen LogP contribution in [-0.4, -0.2) is 124 Å². The van der Waals surface area contributed by atoms with Gasteiger partial charge in [-0.3, -0.25) is 29.0 Å². The van der Waals surface area contributed by atoms with Gasteiger partial charge in [0.15, 0.2) is 5.76 Å². The van der Waals surface area contributed by atoms with Gasteiger partial charge in [0.05, 0.1) is 6.20 Å². The maximum atomic E-state index is 13.7. The fourth-order valence-electron chi connectivity index (χ4n) is 7.88. The summed E-state index contributed by atoms with van der Waals surface area (Å²) in [5.41, 5.74) is 3.91. The van der Waals surface area contributed by atoms with Gasteiger partial charge in [-0.05, 0) is 147 Å². The van der Waals surface area contributed by atoms with Gasteiger partial charge in [0.2, 0.25) is 29.5 Å². The van der Waals surface area contributed by atoms with Crippen LogP contribution in [0.15, 0.2) is 92.8 Å². The number of nitrogens with one attached hydrogen (secondary N) is 2. The van der Waals surface area contributed by atoms with Gasteiger partial charge in [-0.2, -0.15) is 22.7 Å². The van der Waals surface area contributed by atoms with Gasteiger partial charge in [0.25, 0.3) is 0 Å². The Morgan fingerprint density at radius 3 is 1.54 bits per heavy atom. The summed E-state index contributed by atoms with van der Waals surface area (Å²) in [6.07, 6.45) is 2.01. The van der Waals surface area contributed by atoms with Crippen molar-refractivity contribution < 1.29 is 33.8 Å². The van der Waals surface area contributed by atoms with E-state index < -0.39 is 36.4 Å². The molecule has 59 heavy (non-hydrogen) atoms. The van der Waals surface area contributed by atoms with Gasteiger partial charge < -0.3 is 35.1 Å².